The minimum absolute atomic E-state index is 0.115. The van der Waals surface area contributed by atoms with Gasteiger partial charge in [0.1, 0.15) is 5.71 Å². The second-order valence-electron chi connectivity index (χ2n) is 5.84. The van der Waals surface area contributed by atoms with Gasteiger partial charge in [-0.3, -0.25) is 14.4 Å². The van der Waals surface area contributed by atoms with E-state index in [4.69, 9.17) is 0 Å². The molecule has 1 N–H and O–H groups in total. The van der Waals surface area contributed by atoms with Crippen molar-refractivity contribution in [1.29, 1.82) is 0 Å². The summed E-state index contributed by atoms with van der Waals surface area (Å²) >= 11 is 0. The molecule has 0 atom stereocenters. The zero-order chi connectivity index (χ0) is 14.8. The van der Waals surface area contributed by atoms with Crippen molar-refractivity contribution in [2.75, 3.05) is 26.2 Å². The highest BCUT2D eigenvalue weighted by molar-refractivity contribution is 6.39. The van der Waals surface area contributed by atoms with E-state index in [9.17, 15) is 14.4 Å². The van der Waals surface area contributed by atoms with Gasteiger partial charge in [-0.15, -0.1) is 0 Å². The van der Waals surface area contributed by atoms with Crippen LogP contribution in [-0.4, -0.2) is 59.4 Å². The van der Waals surface area contributed by atoms with Crippen LogP contribution in [-0.2, 0) is 14.4 Å². The van der Waals surface area contributed by atoms with Crippen LogP contribution in [0.4, 0.5) is 0 Å². The molecular formula is C14H20N4O3. The van der Waals surface area contributed by atoms with Crippen LogP contribution in [0.1, 0.15) is 32.1 Å². The van der Waals surface area contributed by atoms with Gasteiger partial charge in [-0.2, -0.15) is 5.10 Å². The van der Waals surface area contributed by atoms with Crippen molar-refractivity contribution < 1.29 is 14.4 Å². The molecule has 1 aliphatic carbocycles. The summed E-state index contributed by atoms with van der Waals surface area (Å²) in [5.41, 5.74) is 2.77. The fourth-order valence-corrected chi connectivity index (χ4v) is 2.74. The first kappa shape index (κ1) is 14.0. The second-order valence-corrected chi connectivity index (χ2v) is 5.84. The molecule has 0 aromatic heterocycles. The molecule has 114 valence electrons. The zero-order valence-electron chi connectivity index (χ0n) is 12.0. The van der Waals surface area contributed by atoms with Crippen molar-refractivity contribution >= 4 is 23.4 Å². The maximum atomic E-state index is 12.4. The molecule has 2 heterocycles. The van der Waals surface area contributed by atoms with Gasteiger partial charge in [0.2, 0.25) is 11.8 Å². The number of hydrogen-bond donors (Lipinski definition) is 1. The highest BCUT2D eigenvalue weighted by atomic mass is 16.2. The molecule has 0 spiro atoms. The number of amides is 3. The maximum absolute atomic E-state index is 12.4. The smallest absolute Gasteiger partial charge is 0.270 e. The summed E-state index contributed by atoms with van der Waals surface area (Å²) in [6, 6.07) is 0. The van der Waals surface area contributed by atoms with Crippen LogP contribution in [0.5, 0.6) is 0 Å². The van der Waals surface area contributed by atoms with Gasteiger partial charge in [-0.1, -0.05) is 0 Å². The van der Waals surface area contributed by atoms with Gasteiger partial charge in [-0.05, 0) is 19.3 Å². The van der Waals surface area contributed by atoms with E-state index in [0.717, 1.165) is 25.8 Å². The van der Waals surface area contributed by atoms with Crippen LogP contribution < -0.4 is 5.43 Å². The molecule has 3 aliphatic rings. The van der Waals surface area contributed by atoms with Crippen molar-refractivity contribution in [2.24, 2.45) is 11.0 Å². The Hall–Kier alpha value is -1.92. The Kier molecular flexibility index (Phi) is 3.90. The van der Waals surface area contributed by atoms with E-state index in [0.29, 0.717) is 38.2 Å². The number of nitrogens with one attached hydrogen (secondary N) is 1. The Bertz CT molecular complexity index is 498. The summed E-state index contributed by atoms with van der Waals surface area (Å²) in [6.07, 6.45) is 3.52. The maximum Gasteiger partial charge on any atom is 0.270 e. The number of hydrogen-bond acceptors (Lipinski definition) is 4. The van der Waals surface area contributed by atoms with E-state index in [2.05, 4.69) is 10.5 Å². The Morgan fingerprint density at radius 2 is 1.76 bits per heavy atom. The molecule has 0 radical (unpaired) electrons. The average Bonchev–Trinajstić information content (AvgIpc) is 3.33. The Balaban J connectivity index is 1.58. The molecule has 1 saturated heterocycles. The van der Waals surface area contributed by atoms with Gasteiger partial charge in [0.15, 0.2) is 0 Å². The fraction of sp³-hybridized carbons (Fsp3) is 0.714. The topological polar surface area (TPSA) is 82.1 Å². The lowest BCUT2D eigenvalue weighted by Crippen LogP contribution is -2.42. The van der Waals surface area contributed by atoms with Crippen LogP contribution in [0.25, 0.3) is 0 Å². The quantitative estimate of drug-likeness (QED) is 0.760. The van der Waals surface area contributed by atoms with Crippen LogP contribution in [0.15, 0.2) is 5.10 Å². The van der Waals surface area contributed by atoms with Gasteiger partial charge in [0.05, 0.1) is 0 Å². The zero-order valence-corrected chi connectivity index (χ0v) is 12.0. The molecule has 7 nitrogen and oxygen atoms in total. The van der Waals surface area contributed by atoms with Crippen molar-refractivity contribution in [1.82, 2.24) is 15.2 Å². The van der Waals surface area contributed by atoms with E-state index >= 15 is 0 Å². The van der Waals surface area contributed by atoms with Crippen molar-refractivity contribution in [3.8, 4) is 0 Å². The van der Waals surface area contributed by atoms with Gasteiger partial charge in [0.25, 0.3) is 5.91 Å². The molecule has 0 aromatic carbocycles. The van der Waals surface area contributed by atoms with E-state index in [1.165, 1.54) is 0 Å². The summed E-state index contributed by atoms with van der Waals surface area (Å²) in [7, 11) is 0. The molecule has 2 aliphatic heterocycles. The highest BCUT2D eigenvalue weighted by Gasteiger charge is 2.34. The molecule has 21 heavy (non-hydrogen) atoms. The summed E-state index contributed by atoms with van der Waals surface area (Å²) in [4.78, 5) is 39.1. The van der Waals surface area contributed by atoms with Gasteiger partial charge < -0.3 is 9.80 Å². The summed E-state index contributed by atoms with van der Waals surface area (Å²) in [6.45, 7) is 2.51. The Morgan fingerprint density at radius 3 is 2.43 bits per heavy atom. The van der Waals surface area contributed by atoms with Crippen LogP contribution >= 0.6 is 0 Å². The van der Waals surface area contributed by atoms with Crippen LogP contribution in [0.2, 0.25) is 0 Å². The number of nitrogens with zero attached hydrogens (tertiary/aromatic N) is 3. The molecular weight excluding hydrogens is 272 g/mol. The molecule has 1 saturated carbocycles. The van der Waals surface area contributed by atoms with Crippen molar-refractivity contribution in [3.63, 3.8) is 0 Å². The lowest BCUT2D eigenvalue weighted by atomic mass is 10.1. The molecule has 7 heteroatoms. The summed E-state index contributed by atoms with van der Waals surface area (Å²) in [5.74, 6) is 0.205. The monoisotopic (exact) mass is 292 g/mol. The number of carbonyl (C=O) groups is 3. The van der Waals surface area contributed by atoms with Gasteiger partial charge in [0, 0.05) is 44.9 Å². The van der Waals surface area contributed by atoms with E-state index in [1.54, 1.807) is 4.90 Å². The number of rotatable bonds is 2. The fourth-order valence-electron chi connectivity index (χ4n) is 2.74. The first-order valence-electron chi connectivity index (χ1n) is 7.58. The molecule has 2 fully saturated rings. The third-order valence-electron chi connectivity index (χ3n) is 4.17. The standard InChI is InChI=1S/C14H20N4O3/c19-12-5-4-11(15-16-12)14(21)18-7-1-6-17(8-9-18)13(20)10-2-3-10/h10H,1-9H2,(H,16,19). The third-order valence-corrected chi connectivity index (χ3v) is 4.17. The van der Waals surface area contributed by atoms with E-state index in [1.807, 2.05) is 4.90 Å². The van der Waals surface area contributed by atoms with E-state index in [-0.39, 0.29) is 23.6 Å². The molecule has 3 amide bonds. The first-order chi connectivity index (χ1) is 10.1. The largest absolute Gasteiger partial charge is 0.341 e. The van der Waals surface area contributed by atoms with Crippen molar-refractivity contribution in [3.05, 3.63) is 0 Å². The third kappa shape index (κ3) is 3.22. The normalized spacial score (nSPS) is 23.2. The lowest BCUT2D eigenvalue weighted by Gasteiger charge is -2.23. The van der Waals surface area contributed by atoms with E-state index < -0.39 is 0 Å². The molecule has 0 aromatic rings. The first-order valence-corrected chi connectivity index (χ1v) is 7.58. The molecule has 0 unspecified atom stereocenters. The number of hydrazone groups is 1. The summed E-state index contributed by atoms with van der Waals surface area (Å²) in [5, 5.41) is 3.85. The summed E-state index contributed by atoms with van der Waals surface area (Å²) < 4.78 is 0. The molecule has 3 rings (SSSR count). The Labute approximate surface area is 123 Å². The minimum atomic E-state index is -0.149. The predicted molar refractivity (Wildman–Crippen MR) is 75.3 cm³/mol. The highest BCUT2D eigenvalue weighted by Crippen LogP contribution is 2.31. The predicted octanol–water partition coefficient (Wildman–Crippen LogP) is -0.277. The second kappa shape index (κ2) is 5.83. The molecule has 0 bridgehead atoms. The SMILES string of the molecule is O=C1CCC(C(=O)N2CCCN(C(=O)C3CC3)CC2)=NN1. The minimum Gasteiger partial charge on any atom is -0.341 e. The van der Waals surface area contributed by atoms with Crippen LogP contribution in [0, 0.1) is 5.92 Å². The van der Waals surface area contributed by atoms with Crippen LogP contribution in [0.3, 0.4) is 0 Å². The number of carbonyl (C=O) groups excluding carboxylic acids is 3. The van der Waals surface area contributed by atoms with Gasteiger partial charge in [-0.25, -0.2) is 5.43 Å². The lowest BCUT2D eigenvalue weighted by molar-refractivity contribution is -0.133. The average molecular weight is 292 g/mol. The Morgan fingerprint density at radius 1 is 1.05 bits per heavy atom. The van der Waals surface area contributed by atoms with Gasteiger partial charge >= 0.3 is 0 Å². The van der Waals surface area contributed by atoms with Crippen molar-refractivity contribution in [2.45, 2.75) is 32.1 Å².